The van der Waals surface area contributed by atoms with Gasteiger partial charge < -0.3 is 14.7 Å². The second-order valence-corrected chi connectivity index (χ2v) is 8.59. The number of aliphatic hydroxyl groups is 1. The summed E-state index contributed by atoms with van der Waals surface area (Å²) in [6, 6.07) is 0. The van der Waals surface area contributed by atoms with E-state index in [0.29, 0.717) is 12.0 Å². The molecule has 5 fully saturated rings. The molecule has 0 spiro atoms. The third-order valence-electron chi connectivity index (χ3n) is 6.55. The Morgan fingerprint density at radius 3 is 2.14 bits per heavy atom. The Labute approximate surface area is 129 Å². The number of ether oxygens (including phenoxy) is 1. The third kappa shape index (κ3) is 3.16. The number of rotatable bonds is 6. The molecule has 4 bridgehead atoms. The van der Waals surface area contributed by atoms with Crippen LogP contribution in [-0.2, 0) is 4.74 Å². The van der Waals surface area contributed by atoms with E-state index in [0.717, 1.165) is 44.0 Å². The van der Waals surface area contributed by atoms with Crippen molar-refractivity contribution in [2.45, 2.75) is 57.5 Å². The SMILES string of the molecule is OC(COCC12CC3CC(CC(C3)C1)C2)CN1CCCC1. The summed E-state index contributed by atoms with van der Waals surface area (Å²) in [7, 11) is 0. The van der Waals surface area contributed by atoms with Crippen molar-refractivity contribution in [2.75, 3.05) is 32.8 Å². The lowest BCUT2D eigenvalue weighted by Gasteiger charge is -2.56. The predicted molar refractivity (Wildman–Crippen MR) is 83.1 cm³/mol. The normalized spacial score (nSPS) is 43.6. The van der Waals surface area contributed by atoms with Crippen LogP contribution in [0.1, 0.15) is 51.4 Å². The van der Waals surface area contributed by atoms with E-state index in [2.05, 4.69) is 4.90 Å². The van der Waals surface area contributed by atoms with Crippen LogP contribution < -0.4 is 0 Å². The van der Waals surface area contributed by atoms with Crippen molar-refractivity contribution in [1.29, 1.82) is 0 Å². The number of nitrogens with zero attached hydrogens (tertiary/aromatic N) is 1. The fraction of sp³-hybridized carbons (Fsp3) is 1.00. The van der Waals surface area contributed by atoms with Gasteiger partial charge in [-0.25, -0.2) is 0 Å². The van der Waals surface area contributed by atoms with Crippen molar-refractivity contribution in [3.05, 3.63) is 0 Å². The highest BCUT2D eigenvalue weighted by Gasteiger charge is 2.50. The average molecular weight is 293 g/mol. The summed E-state index contributed by atoms with van der Waals surface area (Å²) in [5, 5.41) is 10.2. The number of likely N-dealkylation sites (tertiary alicyclic amines) is 1. The fourth-order valence-corrected chi connectivity index (χ4v) is 6.19. The first-order valence-electron chi connectivity index (χ1n) is 9.19. The first-order valence-corrected chi connectivity index (χ1v) is 9.19. The number of hydrogen-bond acceptors (Lipinski definition) is 3. The Balaban J connectivity index is 1.23. The number of β-amino-alcohol motifs (C(OH)–C–C–N with tert-alkyl or cyclic N) is 1. The molecule has 1 atom stereocenters. The first-order chi connectivity index (χ1) is 10.2. The van der Waals surface area contributed by atoms with Gasteiger partial charge in [0.1, 0.15) is 0 Å². The molecule has 120 valence electrons. The van der Waals surface area contributed by atoms with Gasteiger partial charge in [0, 0.05) is 6.54 Å². The Hall–Kier alpha value is -0.120. The number of hydrogen-bond donors (Lipinski definition) is 1. The first kappa shape index (κ1) is 14.5. The molecule has 0 amide bonds. The third-order valence-corrected chi connectivity index (χ3v) is 6.55. The van der Waals surface area contributed by atoms with Crippen molar-refractivity contribution in [1.82, 2.24) is 4.90 Å². The molecular formula is C18H31NO2. The van der Waals surface area contributed by atoms with Crippen molar-refractivity contribution in [3.63, 3.8) is 0 Å². The molecular weight excluding hydrogens is 262 g/mol. The van der Waals surface area contributed by atoms with Crippen molar-refractivity contribution in [2.24, 2.45) is 23.2 Å². The maximum Gasteiger partial charge on any atom is 0.0900 e. The molecule has 0 aromatic heterocycles. The minimum absolute atomic E-state index is 0.294. The molecule has 5 aliphatic rings. The van der Waals surface area contributed by atoms with E-state index in [1.807, 2.05) is 0 Å². The van der Waals surface area contributed by atoms with E-state index in [1.165, 1.54) is 51.4 Å². The summed E-state index contributed by atoms with van der Waals surface area (Å²) in [6.45, 7) is 4.57. The van der Waals surface area contributed by atoms with Gasteiger partial charge in [-0.3, -0.25) is 0 Å². The van der Waals surface area contributed by atoms with E-state index in [1.54, 1.807) is 0 Å². The van der Waals surface area contributed by atoms with Crippen LogP contribution in [0.15, 0.2) is 0 Å². The van der Waals surface area contributed by atoms with Crippen LogP contribution in [0.2, 0.25) is 0 Å². The summed E-state index contributed by atoms with van der Waals surface area (Å²) in [6.07, 6.45) is 11.0. The topological polar surface area (TPSA) is 32.7 Å². The molecule has 1 aliphatic heterocycles. The Kier molecular flexibility index (Phi) is 4.01. The lowest BCUT2D eigenvalue weighted by atomic mass is 9.50. The minimum Gasteiger partial charge on any atom is -0.389 e. The van der Waals surface area contributed by atoms with Gasteiger partial charge in [0.2, 0.25) is 0 Å². The van der Waals surface area contributed by atoms with E-state index in [9.17, 15) is 5.11 Å². The zero-order valence-corrected chi connectivity index (χ0v) is 13.3. The maximum absolute atomic E-state index is 10.2. The van der Waals surface area contributed by atoms with Gasteiger partial charge in [-0.1, -0.05) is 0 Å². The monoisotopic (exact) mass is 293 g/mol. The summed E-state index contributed by atoms with van der Waals surface area (Å²) >= 11 is 0. The highest BCUT2D eigenvalue weighted by Crippen LogP contribution is 2.60. The van der Waals surface area contributed by atoms with E-state index in [4.69, 9.17) is 4.74 Å². The second kappa shape index (κ2) is 5.82. The predicted octanol–water partition coefficient (Wildman–Crippen LogP) is 2.68. The summed E-state index contributed by atoms with van der Waals surface area (Å²) < 4.78 is 6.01. The minimum atomic E-state index is -0.294. The van der Waals surface area contributed by atoms with Gasteiger partial charge in [-0.15, -0.1) is 0 Å². The summed E-state index contributed by atoms with van der Waals surface area (Å²) in [4.78, 5) is 2.37. The smallest absolute Gasteiger partial charge is 0.0900 e. The van der Waals surface area contributed by atoms with Gasteiger partial charge in [0.05, 0.1) is 19.3 Å². The average Bonchev–Trinajstić information content (AvgIpc) is 2.89. The van der Waals surface area contributed by atoms with Crippen LogP contribution in [0.5, 0.6) is 0 Å². The molecule has 1 N–H and O–H groups in total. The van der Waals surface area contributed by atoms with E-state index < -0.39 is 0 Å². The molecule has 3 heteroatoms. The summed E-state index contributed by atoms with van der Waals surface area (Å²) in [5.41, 5.74) is 0.488. The maximum atomic E-state index is 10.2. The number of aliphatic hydroxyl groups excluding tert-OH is 1. The molecule has 0 aromatic carbocycles. The van der Waals surface area contributed by atoms with Crippen molar-refractivity contribution < 1.29 is 9.84 Å². The quantitative estimate of drug-likeness (QED) is 0.817. The van der Waals surface area contributed by atoms with Gasteiger partial charge in [0.15, 0.2) is 0 Å². The van der Waals surface area contributed by atoms with Crippen LogP contribution in [0.25, 0.3) is 0 Å². The zero-order chi connectivity index (χ0) is 14.3. The largest absolute Gasteiger partial charge is 0.389 e. The molecule has 1 heterocycles. The summed E-state index contributed by atoms with van der Waals surface area (Å²) in [5.74, 6) is 2.98. The van der Waals surface area contributed by atoms with E-state index in [-0.39, 0.29) is 6.10 Å². The fourth-order valence-electron chi connectivity index (χ4n) is 6.19. The Morgan fingerprint density at radius 2 is 1.57 bits per heavy atom. The van der Waals surface area contributed by atoms with Crippen LogP contribution >= 0.6 is 0 Å². The molecule has 5 rings (SSSR count). The van der Waals surface area contributed by atoms with Crippen molar-refractivity contribution in [3.8, 4) is 0 Å². The highest BCUT2D eigenvalue weighted by molar-refractivity contribution is 5.01. The van der Waals surface area contributed by atoms with Crippen LogP contribution in [0, 0.1) is 23.2 Å². The zero-order valence-electron chi connectivity index (χ0n) is 13.3. The molecule has 4 saturated carbocycles. The molecule has 1 saturated heterocycles. The molecule has 21 heavy (non-hydrogen) atoms. The molecule has 1 unspecified atom stereocenters. The van der Waals surface area contributed by atoms with E-state index >= 15 is 0 Å². The molecule has 0 radical (unpaired) electrons. The van der Waals surface area contributed by atoms with Crippen LogP contribution in [0.4, 0.5) is 0 Å². The van der Waals surface area contributed by atoms with Gasteiger partial charge in [-0.2, -0.15) is 0 Å². The van der Waals surface area contributed by atoms with Crippen LogP contribution in [-0.4, -0.2) is 49.0 Å². The lowest BCUT2D eigenvalue weighted by Crippen LogP contribution is -2.48. The highest BCUT2D eigenvalue weighted by atomic mass is 16.5. The van der Waals surface area contributed by atoms with Crippen LogP contribution in [0.3, 0.4) is 0 Å². The Bertz CT molecular complexity index is 329. The van der Waals surface area contributed by atoms with Crippen molar-refractivity contribution >= 4 is 0 Å². The lowest BCUT2D eigenvalue weighted by molar-refractivity contribution is -0.106. The Morgan fingerprint density at radius 1 is 1.00 bits per heavy atom. The molecule has 4 aliphatic carbocycles. The van der Waals surface area contributed by atoms with Gasteiger partial charge in [-0.05, 0) is 87.6 Å². The molecule has 3 nitrogen and oxygen atoms in total. The molecule has 0 aromatic rings. The second-order valence-electron chi connectivity index (χ2n) is 8.59. The van der Waals surface area contributed by atoms with Gasteiger partial charge in [0.25, 0.3) is 0 Å². The standard InChI is InChI=1S/C18H31NO2/c20-17(11-19-3-1-2-4-19)12-21-13-18-8-14-5-15(9-18)7-16(6-14)10-18/h14-17,20H,1-13H2. The van der Waals surface area contributed by atoms with Gasteiger partial charge >= 0.3 is 0 Å².